The molecular weight excluding hydrogens is 411 g/mol. The highest BCUT2D eigenvalue weighted by molar-refractivity contribution is 9.10. The fraction of sp³-hybridized carbons (Fsp3) is 0.143. The van der Waals surface area contributed by atoms with E-state index in [0.717, 1.165) is 10.0 Å². The van der Waals surface area contributed by atoms with Crippen molar-refractivity contribution >= 4 is 21.8 Å². The molecule has 0 unspecified atom stereocenters. The van der Waals surface area contributed by atoms with Gasteiger partial charge in [-0.1, -0.05) is 28.1 Å². The van der Waals surface area contributed by atoms with E-state index < -0.39 is 0 Å². The number of carbonyl (C=O) groups is 1. The smallest absolute Gasteiger partial charge is 0.254 e. The van der Waals surface area contributed by atoms with Crippen LogP contribution in [0.4, 0.5) is 4.39 Å². The fourth-order valence-corrected chi connectivity index (χ4v) is 2.99. The number of hydrogen-bond donors (Lipinski definition) is 0. The lowest BCUT2D eigenvalue weighted by molar-refractivity contribution is 0.0783. The minimum atomic E-state index is -0.341. The maximum atomic E-state index is 13.9. The molecule has 0 N–H and O–H groups in total. The molecule has 1 aromatic heterocycles. The lowest BCUT2D eigenvalue weighted by Gasteiger charge is -2.18. The van der Waals surface area contributed by atoms with Gasteiger partial charge in [0.25, 0.3) is 5.91 Å². The van der Waals surface area contributed by atoms with Gasteiger partial charge in [-0.25, -0.2) is 4.39 Å². The monoisotopic (exact) mass is 428 g/mol. The standard InChI is InChI=1S/C21H18BrFN2O2/c1-25(13-17-10-18(22)7-8-20(17)23)21(26)16-5-2-6-19(11-16)27-14-15-4-3-9-24-12-15/h2-12H,13-14H2,1H3. The highest BCUT2D eigenvalue weighted by Crippen LogP contribution is 2.20. The van der Waals surface area contributed by atoms with Gasteiger partial charge >= 0.3 is 0 Å². The molecule has 0 aliphatic heterocycles. The second-order valence-corrected chi connectivity index (χ2v) is 6.99. The highest BCUT2D eigenvalue weighted by atomic mass is 79.9. The molecule has 0 fully saturated rings. The van der Waals surface area contributed by atoms with Crippen LogP contribution >= 0.6 is 15.9 Å². The minimum absolute atomic E-state index is 0.172. The number of halogens is 2. The molecule has 0 bridgehead atoms. The minimum Gasteiger partial charge on any atom is -0.489 e. The third kappa shape index (κ3) is 5.14. The van der Waals surface area contributed by atoms with Crippen molar-refractivity contribution in [1.82, 2.24) is 9.88 Å². The molecule has 0 spiro atoms. The van der Waals surface area contributed by atoms with E-state index >= 15 is 0 Å². The van der Waals surface area contributed by atoms with Crippen molar-refractivity contribution in [1.29, 1.82) is 0 Å². The number of hydrogen-bond acceptors (Lipinski definition) is 3. The lowest BCUT2D eigenvalue weighted by atomic mass is 10.1. The molecule has 3 aromatic rings. The Morgan fingerprint density at radius 2 is 2.04 bits per heavy atom. The van der Waals surface area contributed by atoms with Crippen molar-refractivity contribution in [3.8, 4) is 5.75 Å². The molecular formula is C21H18BrFN2O2. The highest BCUT2D eigenvalue weighted by Gasteiger charge is 2.15. The molecule has 0 saturated heterocycles. The first kappa shape index (κ1) is 19.0. The van der Waals surface area contributed by atoms with Gasteiger partial charge in [-0.3, -0.25) is 9.78 Å². The number of benzene rings is 2. The Labute approximate surface area is 165 Å². The Morgan fingerprint density at radius 1 is 1.19 bits per heavy atom. The summed E-state index contributed by atoms with van der Waals surface area (Å²) < 4.78 is 20.4. The largest absolute Gasteiger partial charge is 0.489 e. The van der Waals surface area contributed by atoms with Crippen molar-refractivity contribution in [2.24, 2.45) is 0 Å². The maximum Gasteiger partial charge on any atom is 0.254 e. The zero-order valence-electron chi connectivity index (χ0n) is 14.7. The average molecular weight is 429 g/mol. The molecule has 6 heteroatoms. The number of rotatable bonds is 6. The zero-order valence-corrected chi connectivity index (χ0v) is 16.3. The summed E-state index contributed by atoms with van der Waals surface area (Å²) in [7, 11) is 1.64. The molecule has 4 nitrogen and oxygen atoms in total. The second kappa shape index (κ2) is 8.77. The Hall–Kier alpha value is -2.73. The van der Waals surface area contributed by atoms with Crippen LogP contribution in [0, 0.1) is 5.82 Å². The molecule has 3 rings (SSSR count). The van der Waals surface area contributed by atoms with Gasteiger partial charge in [-0.15, -0.1) is 0 Å². The predicted octanol–water partition coefficient (Wildman–Crippen LogP) is 4.83. The van der Waals surface area contributed by atoms with Gasteiger partial charge in [0.15, 0.2) is 0 Å². The molecule has 138 valence electrons. The summed E-state index contributed by atoms with van der Waals surface area (Å²) in [6.45, 7) is 0.537. The topological polar surface area (TPSA) is 42.4 Å². The van der Waals surface area contributed by atoms with Crippen LogP contribution in [0.2, 0.25) is 0 Å². The van der Waals surface area contributed by atoms with Crippen molar-refractivity contribution < 1.29 is 13.9 Å². The molecule has 27 heavy (non-hydrogen) atoms. The van der Waals surface area contributed by atoms with Crippen LogP contribution in [-0.2, 0) is 13.2 Å². The van der Waals surface area contributed by atoms with E-state index in [2.05, 4.69) is 20.9 Å². The van der Waals surface area contributed by atoms with Crippen LogP contribution in [-0.4, -0.2) is 22.8 Å². The van der Waals surface area contributed by atoms with E-state index in [0.29, 0.717) is 23.5 Å². The normalized spacial score (nSPS) is 10.5. The van der Waals surface area contributed by atoms with Crippen LogP contribution in [0.5, 0.6) is 5.75 Å². The number of amides is 1. The molecule has 0 aliphatic carbocycles. The van der Waals surface area contributed by atoms with Gasteiger partial charge in [0.1, 0.15) is 18.2 Å². The van der Waals surface area contributed by atoms with Crippen molar-refractivity contribution in [3.05, 3.63) is 94.0 Å². The average Bonchev–Trinajstić information content (AvgIpc) is 2.69. The summed E-state index contributed by atoms with van der Waals surface area (Å²) in [4.78, 5) is 18.2. The molecule has 0 aliphatic rings. The Morgan fingerprint density at radius 3 is 2.81 bits per heavy atom. The maximum absolute atomic E-state index is 13.9. The van der Waals surface area contributed by atoms with E-state index in [-0.39, 0.29) is 18.3 Å². The molecule has 0 saturated carbocycles. The van der Waals surface area contributed by atoms with Gasteiger partial charge < -0.3 is 9.64 Å². The summed E-state index contributed by atoms with van der Waals surface area (Å²) in [5, 5.41) is 0. The van der Waals surface area contributed by atoms with Crippen LogP contribution < -0.4 is 4.74 Å². The van der Waals surface area contributed by atoms with Crippen LogP contribution in [0.15, 0.2) is 71.5 Å². The summed E-state index contributed by atoms with van der Waals surface area (Å²) in [5.41, 5.74) is 1.87. The van der Waals surface area contributed by atoms with E-state index in [1.807, 2.05) is 12.1 Å². The molecule has 1 heterocycles. The third-order valence-corrected chi connectivity index (χ3v) is 4.46. The fourth-order valence-electron chi connectivity index (χ4n) is 2.58. The summed E-state index contributed by atoms with van der Waals surface area (Å²) >= 11 is 3.32. The van der Waals surface area contributed by atoms with Gasteiger partial charge in [0, 0.05) is 47.1 Å². The van der Waals surface area contributed by atoms with E-state index in [1.54, 1.807) is 55.8 Å². The van der Waals surface area contributed by atoms with Crippen molar-refractivity contribution in [2.75, 3.05) is 7.05 Å². The zero-order chi connectivity index (χ0) is 19.2. The Balaban J connectivity index is 1.68. The van der Waals surface area contributed by atoms with Crippen LogP contribution in [0.3, 0.4) is 0 Å². The number of pyridine rings is 1. The Bertz CT molecular complexity index is 934. The summed E-state index contributed by atoms with van der Waals surface area (Å²) in [6.07, 6.45) is 3.43. The predicted molar refractivity (Wildman–Crippen MR) is 105 cm³/mol. The number of ether oxygens (including phenoxy) is 1. The van der Waals surface area contributed by atoms with Crippen molar-refractivity contribution in [3.63, 3.8) is 0 Å². The number of carbonyl (C=O) groups excluding carboxylic acids is 1. The summed E-state index contributed by atoms with van der Waals surface area (Å²) in [5.74, 6) is 0.0411. The van der Waals surface area contributed by atoms with Crippen molar-refractivity contribution in [2.45, 2.75) is 13.2 Å². The molecule has 0 atom stereocenters. The molecule has 1 amide bonds. The van der Waals surface area contributed by atoms with Crippen LogP contribution in [0.25, 0.3) is 0 Å². The first-order valence-electron chi connectivity index (χ1n) is 8.34. The SMILES string of the molecule is CN(Cc1cc(Br)ccc1F)C(=O)c1cccc(OCc2cccnc2)c1. The summed E-state index contributed by atoms with van der Waals surface area (Å²) in [6, 6.07) is 15.4. The van der Waals surface area contributed by atoms with Gasteiger partial charge in [-0.05, 0) is 42.5 Å². The molecule has 2 aromatic carbocycles. The van der Waals surface area contributed by atoms with Crippen LogP contribution in [0.1, 0.15) is 21.5 Å². The van der Waals surface area contributed by atoms with E-state index in [4.69, 9.17) is 4.74 Å². The van der Waals surface area contributed by atoms with Gasteiger partial charge in [0.2, 0.25) is 0 Å². The third-order valence-electron chi connectivity index (χ3n) is 3.97. The Kier molecular flexibility index (Phi) is 6.19. The lowest BCUT2D eigenvalue weighted by Crippen LogP contribution is -2.26. The first-order chi connectivity index (χ1) is 13.0. The van der Waals surface area contributed by atoms with Gasteiger partial charge in [-0.2, -0.15) is 0 Å². The number of aromatic nitrogens is 1. The second-order valence-electron chi connectivity index (χ2n) is 6.07. The van der Waals surface area contributed by atoms with Gasteiger partial charge in [0.05, 0.1) is 0 Å². The first-order valence-corrected chi connectivity index (χ1v) is 9.13. The number of nitrogens with zero attached hydrogens (tertiary/aromatic N) is 2. The van der Waals surface area contributed by atoms with E-state index in [9.17, 15) is 9.18 Å². The molecule has 0 radical (unpaired) electrons. The quantitative estimate of drug-likeness (QED) is 0.564. The van der Waals surface area contributed by atoms with E-state index in [1.165, 1.54) is 11.0 Å².